The van der Waals surface area contributed by atoms with Gasteiger partial charge in [-0.1, -0.05) is 33.6 Å². The van der Waals surface area contributed by atoms with E-state index in [-0.39, 0.29) is 29.6 Å². The summed E-state index contributed by atoms with van der Waals surface area (Å²) >= 11 is 9.14. The number of fused-ring (bicyclic) bond motifs is 1. The zero-order valence-corrected chi connectivity index (χ0v) is 15.3. The Balaban J connectivity index is 2.06. The minimum atomic E-state index is -3.94. The SMILES string of the molecule is O=C1CCOc2c(cc(Br)cc2S(=O)(=O)Nc2cccc(Cl)c2)N1. The molecule has 1 aliphatic heterocycles. The van der Waals surface area contributed by atoms with Crippen molar-refractivity contribution in [2.24, 2.45) is 0 Å². The van der Waals surface area contributed by atoms with Crippen LogP contribution in [0, 0.1) is 0 Å². The Bertz CT molecular complexity index is 918. The van der Waals surface area contributed by atoms with Gasteiger partial charge in [0.1, 0.15) is 4.90 Å². The summed E-state index contributed by atoms with van der Waals surface area (Å²) in [6.07, 6.45) is 0.146. The molecule has 126 valence electrons. The quantitative estimate of drug-likeness (QED) is 0.777. The number of carbonyl (C=O) groups is 1. The van der Waals surface area contributed by atoms with Gasteiger partial charge >= 0.3 is 0 Å². The predicted molar refractivity (Wildman–Crippen MR) is 95.1 cm³/mol. The molecule has 1 heterocycles. The molecule has 0 saturated carbocycles. The first-order valence-electron chi connectivity index (χ1n) is 6.90. The zero-order chi connectivity index (χ0) is 17.3. The van der Waals surface area contributed by atoms with E-state index < -0.39 is 10.0 Å². The second kappa shape index (κ2) is 6.62. The topological polar surface area (TPSA) is 84.5 Å². The first-order chi connectivity index (χ1) is 11.3. The van der Waals surface area contributed by atoms with Crippen LogP contribution in [-0.4, -0.2) is 20.9 Å². The lowest BCUT2D eigenvalue weighted by atomic mass is 10.3. The number of hydrogen-bond acceptors (Lipinski definition) is 4. The van der Waals surface area contributed by atoms with Crippen molar-refractivity contribution >= 4 is 54.8 Å². The van der Waals surface area contributed by atoms with Gasteiger partial charge in [-0.2, -0.15) is 0 Å². The summed E-state index contributed by atoms with van der Waals surface area (Å²) in [6.45, 7) is 0.0974. The smallest absolute Gasteiger partial charge is 0.265 e. The fourth-order valence-electron chi connectivity index (χ4n) is 2.23. The van der Waals surface area contributed by atoms with Gasteiger partial charge in [-0.25, -0.2) is 8.42 Å². The van der Waals surface area contributed by atoms with Gasteiger partial charge in [0, 0.05) is 9.50 Å². The number of hydrogen-bond donors (Lipinski definition) is 2. The van der Waals surface area contributed by atoms with E-state index in [1.807, 2.05) is 0 Å². The van der Waals surface area contributed by atoms with E-state index in [2.05, 4.69) is 26.0 Å². The van der Waals surface area contributed by atoms with Gasteiger partial charge in [0.2, 0.25) is 5.91 Å². The Morgan fingerprint density at radius 1 is 1.25 bits per heavy atom. The molecule has 0 aromatic heterocycles. The van der Waals surface area contributed by atoms with Crippen LogP contribution in [0.25, 0.3) is 0 Å². The number of nitrogens with one attached hydrogen (secondary N) is 2. The van der Waals surface area contributed by atoms with Crippen LogP contribution >= 0.6 is 27.5 Å². The van der Waals surface area contributed by atoms with Crippen molar-refractivity contribution in [3.63, 3.8) is 0 Å². The van der Waals surface area contributed by atoms with Crippen LogP contribution in [0.3, 0.4) is 0 Å². The molecule has 0 atom stereocenters. The molecule has 1 amide bonds. The lowest BCUT2D eigenvalue weighted by Gasteiger charge is -2.15. The second-order valence-electron chi connectivity index (χ2n) is 5.04. The van der Waals surface area contributed by atoms with Crippen molar-refractivity contribution in [2.75, 3.05) is 16.6 Å². The van der Waals surface area contributed by atoms with Crippen molar-refractivity contribution < 1.29 is 17.9 Å². The van der Waals surface area contributed by atoms with Crippen LogP contribution in [0.2, 0.25) is 5.02 Å². The number of rotatable bonds is 3. The van der Waals surface area contributed by atoms with Crippen LogP contribution in [0.5, 0.6) is 5.75 Å². The van der Waals surface area contributed by atoms with E-state index in [1.54, 1.807) is 24.3 Å². The number of carbonyl (C=O) groups excluding carboxylic acids is 1. The lowest BCUT2D eigenvalue weighted by molar-refractivity contribution is -0.116. The minimum absolute atomic E-state index is 0.0750. The van der Waals surface area contributed by atoms with Gasteiger partial charge in [0.05, 0.1) is 24.4 Å². The highest BCUT2D eigenvalue weighted by molar-refractivity contribution is 9.10. The normalized spacial score (nSPS) is 14.2. The third kappa shape index (κ3) is 3.66. The molecule has 2 aromatic rings. The molecule has 0 aliphatic carbocycles. The number of halogens is 2. The number of amides is 1. The van der Waals surface area contributed by atoms with Gasteiger partial charge in [0.15, 0.2) is 5.75 Å². The predicted octanol–water partition coefficient (Wildman–Crippen LogP) is 3.62. The largest absolute Gasteiger partial charge is 0.489 e. The van der Waals surface area contributed by atoms with Crippen molar-refractivity contribution in [1.29, 1.82) is 0 Å². The summed E-state index contributed by atoms with van der Waals surface area (Å²) in [5, 5.41) is 3.05. The van der Waals surface area contributed by atoms with Crippen molar-refractivity contribution in [3.05, 3.63) is 45.9 Å². The van der Waals surface area contributed by atoms with E-state index in [0.717, 1.165) is 0 Å². The molecule has 0 saturated heterocycles. The average Bonchev–Trinajstić information content (AvgIpc) is 2.66. The third-order valence-electron chi connectivity index (χ3n) is 3.24. The van der Waals surface area contributed by atoms with Gasteiger partial charge < -0.3 is 10.1 Å². The Hall–Kier alpha value is -1.77. The van der Waals surface area contributed by atoms with Crippen LogP contribution in [-0.2, 0) is 14.8 Å². The van der Waals surface area contributed by atoms with Gasteiger partial charge in [-0.15, -0.1) is 0 Å². The molecule has 2 aromatic carbocycles. The van der Waals surface area contributed by atoms with E-state index in [4.69, 9.17) is 16.3 Å². The fraction of sp³-hybridized carbons (Fsp3) is 0.133. The highest BCUT2D eigenvalue weighted by atomic mass is 79.9. The molecule has 0 spiro atoms. The van der Waals surface area contributed by atoms with Crippen molar-refractivity contribution in [2.45, 2.75) is 11.3 Å². The van der Waals surface area contributed by atoms with E-state index in [9.17, 15) is 13.2 Å². The maximum Gasteiger partial charge on any atom is 0.265 e. The zero-order valence-electron chi connectivity index (χ0n) is 12.2. The molecule has 0 radical (unpaired) electrons. The minimum Gasteiger partial charge on any atom is -0.489 e. The molecule has 0 fully saturated rings. The lowest BCUT2D eigenvalue weighted by Crippen LogP contribution is -2.15. The molecule has 6 nitrogen and oxygen atoms in total. The second-order valence-corrected chi connectivity index (χ2v) is 8.05. The average molecular weight is 432 g/mol. The van der Waals surface area contributed by atoms with Gasteiger partial charge in [-0.3, -0.25) is 9.52 Å². The molecule has 3 rings (SSSR count). The molecule has 9 heteroatoms. The monoisotopic (exact) mass is 430 g/mol. The van der Waals surface area contributed by atoms with E-state index in [1.165, 1.54) is 12.1 Å². The summed E-state index contributed by atoms with van der Waals surface area (Å²) in [5.41, 5.74) is 0.632. The molecule has 0 unspecified atom stereocenters. The summed E-state index contributed by atoms with van der Waals surface area (Å²) < 4.78 is 34.0. The van der Waals surface area contributed by atoms with E-state index in [0.29, 0.717) is 20.9 Å². The summed E-state index contributed by atoms with van der Waals surface area (Å²) in [6, 6.07) is 9.38. The van der Waals surface area contributed by atoms with Crippen LogP contribution in [0.1, 0.15) is 6.42 Å². The molecule has 0 bridgehead atoms. The number of anilines is 2. The summed E-state index contributed by atoms with van der Waals surface area (Å²) in [4.78, 5) is 11.6. The highest BCUT2D eigenvalue weighted by Crippen LogP contribution is 2.38. The first kappa shape index (κ1) is 17.1. The first-order valence-corrected chi connectivity index (χ1v) is 9.55. The molecule has 24 heavy (non-hydrogen) atoms. The van der Waals surface area contributed by atoms with Gasteiger partial charge in [-0.05, 0) is 30.3 Å². The number of benzene rings is 2. The molecular formula is C15H12BrClN2O4S. The maximum atomic E-state index is 12.8. The Morgan fingerprint density at radius 2 is 2.04 bits per heavy atom. The van der Waals surface area contributed by atoms with Crippen LogP contribution < -0.4 is 14.8 Å². The summed E-state index contributed by atoms with van der Waals surface area (Å²) in [5.74, 6) is -0.128. The standard InChI is InChI=1S/C15H12BrClN2O4S/c16-9-6-12-15(23-5-4-14(20)18-12)13(7-9)24(21,22)19-11-3-1-2-10(17)8-11/h1-3,6-8,19H,4-5H2,(H,18,20). The van der Waals surface area contributed by atoms with Crippen molar-refractivity contribution in [1.82, 2.24) is 0 Å². The summed E-state index contributed by atoms with van der Waals surface area (Å²) in [7, 11) is -3.94. The van der Waals surface area contributed by atoms with Gasteiger partial charge in [0.25, 0.3) is 10.0 Å². The van der Waals surface area contributed by atoms with E-state index >= 15 is 0 Å². The Labute approximate surface area is 152 Å². The van der Waals surface area contributed by atoms with Crippen LogP contribution in [0.4, 0.5) is 11.4 Å². The molecular weight excluding hydrogens is 420 g/mol. The van der Waals surface area contributed by atoms with Crippen molar-refractivity contribution in [3.8, 4) is 5.75 Å². The highest BCUT2D eigenvalue weighted by Gasteiger charge is 2.26. The molecule has 1 aliphatic rings. The number of sulfonamides is 1. The Kier molecular flexibility index (Phi) is 4.71. The fourth-order valence-corrected chi connectivity index (χ4v) is 4.27. The third-order valence-corrected chi connectivity index (χ3v) is 5.32. The molecule has 2 N–H and O–H groups in total. The number of ether oxygens (including phenoxy) is 1. The Morgan fingerprint density at radius 3 is 2.79 bits per heavy atom. The maximum absolute atomic E-state index is 12.8. The van der Waals surface area contributed by atoms with Crippen LogP contribution in [0.15, 0.2) is 45.8 Å².